The molecule has 5 heteroatoms. The SMILES string of the molecule is CN1CCCc2cc(C=NNc3nc4ccccc4[nH]3)ccc21. The van der Waals surface area contributed by atoms with Crippen LogP contribution in [0.15, 0.2) is 47.6 Å². The number of hydrazone groups is 1. The molecule has 0 amide bonds. The third-order valence-corrected chi connectivity index (χ3v) is 4.23. The minimum absolute atomic E-state index is 0.653. The maximum Gasteiger partial charge on any atom is 0.222 e. The van der Waals surface area contributed by atoms with Crippen molar-refractivity contribution in [1.82, 2.24) is 9.97 Å². The summed E-state index contributed by atoms with van der Waals surface area (Å²) >= 11 is 0. The summed E-state index contributed by atoms with van der Waals surface area (Å²) in [6.07, 6.45) is 4.18. The summed E-state index contributed by atoms with van der Waals surface area (Å²) in [5.41, 5.74) is 8.72. The lowest BCUT2D eigenvalue weighted by molar-refractivity contribution is 0.744. The van der Waals surface area contributed by atoms with Crippen molar-refractivity contribution in [2.24, 2.45) is 5.10 Å². The molecule has 0 unspecified atom stereocenters. The summed E-state index contributed by atoms with van der Waals surface area (Å²) in [6, 6.07) is 14.4. The number of para-hydroxylation sites is 2. The number of hydrogen-bond acceptors (Lipinski definition) is 4. The fourth-order valence-corrected chi connectivity index (χ4v) is 3.06. The Morgan fingerprint density at radius 3 is 3.09 bits per heavy atom. The Hall–Kier alpha value is -2.82. The number of aromatic amines is 1. The van der Waals surface area contributed by atoms with Crippen LogP contribution >= 0.6 is 0 Å². The molecule has 116 valence electrons. The smallest absolute Gasteiger partial charge is 0.222 e. The van der Waals surface area contributed by atoms with Crippen LogP contribution in [0.4, 0.5) is 11.6 Å². The first kappa shape index (κ1) is 13.8. The topological polar surface area (TPSA) is 56.3 Å². The van der Waals surface area contributed by atoms with Gasteiger partial charge in [-0.3, -0.25) is 0 Å². The molecular weight excluding hydrogens is 286 g/mol. The summed E-state index contributed by atoms with van der Waals surface area (Å²) in [4.78, 5) is 9.94. The van der Waals surface area contributed by atoms with E-state index in [9.17, 15) is 0 Å². The van der Waals surface area contributed by atoms with E-state index >= 15 is 0 Å². The van der Waals surface area contributed by atoms with E-state index in [1.165, 1.54) is 17.7 Å². The highest BCUT2D eigenvalue weighted by Crippen LogP contribution is 2.26. The van der Waals surface area contributed by atoms with Gasteiger partial charge >= 0.3 is 0 Å². The zero-order chi connectivity index (χ0) is 15.6. The number of nitrogens with one attached hydrogen (secondary N) is 2. The predicted octanol–water partition coefficient (Wildman–Crippen LogP) is 3.39. The average molecular weight is 305 g/mol. The molecule has 1 aliphatic rings. The van der Waals surface area contributed by atoms with Gasteiger partial charge in [0.2, 0.25) is 5.95 Å². The van der Waals surface area contributed by atoms with E-state index in [-0.39, 0.29) is 0 Å². The zero-order valence-corrected chi connectivity index (χ0v) is 13.1. The summed E-state index contributed by atoms with van der Waals surface area (Å²) in [6.45, 7) is 1.13. The van der Waals surface area contributed by atoms with Gasteiger partial charge in [-0.15, -0.1) is 0 Å². The van der Waals surface area contributed by atoms with Gasteiger partial charge in [-0.2, -0.15) is 5.10 Å². The van der Waals surface area contributed by atoms with Crippen molar-refractivity contribution in [1.29, 1.82) is 0 Å². The van der Waals surface area contributed by atoms with Crippen LogP contribution in [-0.4, -0.2) is 29.8 Å². The molecule has 0 saturated heterocycles. The van der Waals surface area contributed by atoms with Crippen LogP contribution in [0.1, 0.15) is 17.5 Å². The Balaban J connectivity index is 1.50. The Kier molecular flexibility index (Phi) is 3.46. The van der Waals surface area contributed by atoms with Gasteiger partial charge in [-0.05, 0) is 48.2 Å². The number of imidazole rings is 1. The van der Waals surface area contributed by atoms with Crippen LogP contribution in [0, 0.1) is 0 Å². The third-order valence-electron chi connectivity index (χ3n) is 4.23. The Morgan fingerprint density at radius 1 is 1.26 bits per heavy atom. The van der Waals surface area contributed by atoms with E-state index in [0.29, 0.717) is 5.95 Å². The first-order valence-corrected chi connectivity index (χ1v) is 7.87. The minimum atomic E-state index is 0.653. The van der Waals surface area contributed by atoms with Gasteiger partial charge in [0, 0.05) is 19.3 Å². The van der Waals surface area contributed by atoms with Gasteiger partial charge in [0.05, 0.1) is 17.2 Å². The number of aromatic nitrogens is 2. The van der Waals surface area contributed by atoms with Crippen molar-refractivity contribution < 1.29 is 0 Å². The molecule has 23 heavy (non-hydrogen) atoms. The number of nitrogens with zero attached hydrogens (tertiary/aromatic N) is 3. The molecule has 0 aliphatic carbocycles. The van der Waals surface area contributed by atoms with Crippen molar-refractivity contribution in [3.8, 4) is 0 Å². The van der Waals surface area contributed by atoms with E-state index in [2.05, 4.69) is 50.6 Å². The summed E-state index contributed by atoms with van der Waals surface area (Å²) in [7, 11) is 2.15. The lowest BCUT2D eigenvalue weighted by Gasteiger charge is -2.27. The van der Waals surface area contributed by atoms with Gasteiger partial charge in [0.15, 0.2) is 0 Å². The molecule has 3 aromatic rings. The highest BCUT2D eigenvalue weighted by molar-refractivity contribution is 5.82. The molecule has 0 saturated carbocycles. The van der Waals surface area contributed by atoms with Crippen LogP contribution in [0.2, 0.25) is 0 Å². The van der Waals surface area contributed by atoms with Gasteiger partial charge in [0.1, 0.15) is 0 Å². The molecule has 0 bridgehead atoms. The molecule has 1 aliphatic heterocycles. The maximum atomic E-state index is 4.44. The maximum absolute atomic E-state index is 4.44. The third kappa shape index (κ3) is 2.77. The van der Waals surface area contributed by atoms with Crippen LogP contribution in [-0.2, 0) is 6.42 Å². The molecule has 4 rings (SSSR count). The lowest BCUT2D eigenvalue weighted by atomic mass is 10.00. The molecule has 5 nitrogen and oxygen atoms in total. The lowest BCUT2D eigenvalue weighted by Crippen LogP contribution is -2.24. The minimum Gasteiger partial charge on any atom is -0.374 e. The molecule has 0 fully saturated rings. The number of benzene rings is 2. The molecule has 2 aromatic carbocycles. The monoisotopic (exact) mass is 305 g/mol. The van der Waals surface area contributed by atoms with E-state index in [0.717, 1.165) is 29.6 Å². The standard InChI is InChI=1S/C18H19N5/c1-23-10-4-5-14-11-13(8-9-17(14)23)12-19-22-18-20-15-6-2-3-7-16(15)21-18/h2-3,6-9,11-12H,4-5,10H2,1H3,(H2,20,21,22). The number of aryl methyl sites for hydroxylation is 1. The average Bonchev–Trinajstić information content (AvgIpc) is 2.98. The van der Waals surface area contributed by atoms with Crippen molar-refractivity contribution in [2.75, 3.05) is 23.9 Å². The molecule has 0 radical (unpaired) electrons. The molecule has 0 spiro atoms. The van der Waals surface area contributed by atoms with Crippen LogP contribution in [0.25, 0.3) is 11.0 Å². The fraction of sp³-hybridized carbons (Fsp3) is 0.222. The van der Waals surface area contributed by atoms with Crippen LogP contribution in [0.3, 0.4) is 0 Å². The first-order valence-electron chi connectivity index (χ1n) is 7.87. The van der Waals surface area contributed by atoms with Crippen molar-refractivity contribution in [2.45, 2.75) is 12.8 Å². The van der Waals surface area contributed by atoms with Gasteiger partial charge in [-0.25, -0.2) is 10.4 Å². The predicted molar refractivity (Wildman–Crippen MR) is 95.3 cm³/mol. The summed E-state index contributed by atoms with van der Waals surface area (Å²) < 4.78 is 0. The fourth-order valence-electron chi connectivity index (χ4n) is 3.06. The highest BCUT2D eigenvalue weighted by atomic mass is 15.3. The molecule has 2 heterocycles. The molecule has 2 N–H and O–H groups in total. The second kappa shape index (κ2) is 5.76. The van der Waals surface area contributed by atoms with E-state index in [1.807, 2.05) is 30.5 Å². The van der Waals surface area contributed by atoms with Gasteiger partial charge in [-0.1, -0.05) is 18.2 Å². The molecule has 1 aromatic heterocycles. The number of hydrogen-bond donors (Lipinski definition) is 2. The van der Waals surface area contributed by atoms with Crippen LogP contribution in [0.5, 0.6) is 0 Å². The molecular formula is C18H19N5. The number of fused-ring (bicyclic) bond motifs is 2. The quantitative estimate of drug-likeness (QED) is 0.576. The summed E-state index contributed by atoms with van der Waals surface area (Å²) in [5.74, 6) is 0.653. The van der Waals surface area contributed by atoms with Crippen LogP contribution < -0.4 is 10.3 Å². The van der Waals surface area contributed by atoms with Crippen molar-refractivity contribution in [3.63, 3.8) is 0 Å². The number of H-pyrrole nitrogens is 1. The largest absolute Gasteiger partial charge is 0.374 e. The Morgan fingerprint density at radius 2 is 2.17 bits per heavy atom. The van der Waals surface area contributed by atoms with E-state index in [1.54, 1.807) is 0 Å². The second-order valence-corrected chi connectivity index (χ2v) is 5.89. The van der Waals surface area contributed by atoms with Gasteiger partial charge < -0.3 is 9.88 Å². The van der Waals surface area contributed by atoms with E-state index < -0.39 is 0 Å². The zero-order valence-electron chi connectivity index (χ0n) is 13.1. The molecule has 0 atom stereocenters. The normalized spacial score (nSPS) is 14.4. The van der Waals surface area contributed by atoms with Crippen molar-refractivity contribution in [3.05, 3.63) is 53.6 Å². The Bertz CT molecular complexity index is 832. The second-order valence-electron chi connectivity index (χ2n) is 5.89. The number of rotatable bonds is 3. The van der Waals surface area contributed by atoms with E-state index in [4.69, 9.17) is 0 Å². The van der Waals surface area contributed by atoms with Gasteiger partial charge in [0.25, 0.3) is 0 Å². The summed E-state index contributed by atoms with van der Waals surface area (Å²) in [5, 5.41) is 4.29. The first-order chi connectivity index (χ1) is 11.3. The Labute approximate surface area is 135 Å². The van der Waals surface area contributed by atoms with Crippen molar-refractivity contribution >= 4 is 28.9 Å². The number of anilines is 2. The highest BCUT2D eigenvalue weighted by Gasteiger charge is 2.13.